The van der Waals surface area contributed by atoms with E-state index in [9.17, 15) is 4.79 Å². The van der Waals surface area contributed by atoms with Crippen molar-refractivity contribution in [2.45, 2.75) is 57.5 Å². The number of nitrogens with zero attached hydrogens (tertiary/aromatic N) is 6. The molecule has 1 aromatic carbocycles. The van der Waals surface area contributed by atoms with E-state index in [0.717, 1.165) is 61.9 Å². The molecular formula is C31H43N7O. The van der Waals surface area contributed by atoms with Gasteiger partial charge < -0.3 is 15.1 Å². The summed E-state index contributed by atoms with van der Waals surface area (Å²) in [5.74, 6) is 0.809. The normalized spacial score (nSPS) is 21.0. The molecule has 0 atom stereocenters. The number of carbonyl (C=O) groups is 1. The average Bonchev–Trinajstić information content (AvgIpc) is 3.33. The molecule has 3 fully saturated rings. The number of aryl methyl sites for hydroxylation is 1. The Morgan fingerprint density at radius 1 is 0.897 bits per heavy atom. The summed E-state index contributed by atoms with van der Waals surface area (Å²) in [5.41, 5.74) is 3.60. The third-order valence-electron chi connectivity index (χ3n) is 9.27. The lowest BCUT2D eigenvalue weighted by Gasteiger charge is -2.40. The molecule has 5 heterocycles. The first-order valence-corrected chi connectivity index (χ1v) is 14.9. The van der Waals surface area contributed by atoms with Crippen LogP contribution in [-0.4, -0.2) is 87.7 Å². The Hall–Kier alpha value is -2.81. The van der Waals surface area contributed by atoms with Crippen molar-refractivity contribution in [1.82, 2.24) is 29.5 Å². The van der Waals surface area contributed by atoms with Crippen molar-refractivity contribution in [2.75, 3.05) is 51.6 Å². The molecule has 0 bridgehead atoms. The van der Waals surface area contributed by atoms with E-state index >= 15 is 0 Å². The fraction of sp³-hybridized carbons (Fsp3) is 0.581. The van der Waals surface area contributed by atoms with Crippen LogP contribution in [0.1, 0.15) is 50.6 Å². The highest BCUT2D eigenvalue weighted by atomic mass is 16.2. The topological polar surface area (TPSA) is 69.5 Å². The van der Waals surface area contributed by atoms with Crippen LogP contribution in [0.5, 0.6) is 0 Å². The van der Waals surface area contributed by atoms with Crippen LogP contribution in [0, 0.1) is 5.92 Å². The average molecular weight is 530 g/mol. The van der Waals surface area contributed by atoms with Crippen molar-refractivity contribution >= 4 is 22.5 Å². The third kappa shape index (κ3) is 6.03. The van der Waals surface area contributed by atoms with Crippen LogP contribution in [0.4, 0.5) is 5.82 Å². The van der Waals surface area contributed by atoms with Crippen molar-refractivity contribution < 1.29 is 4.79 Å². The molecule has 39 heavy (non-hydrogen) atoms. The van der Waals surface area contributed by atoms with Gasteiger partial charge in [0.15, 0.2) is 0 Å². The standard InChI is InChI=1S/C31H43N7O/c1-35-14-10-27(11-15-35)38-16-8-23(9-17-38)31(39)34-30-19-26-18-24(6-7-25(26)20-32-30)28-21-33-36(2)29(28)22-37-12-4-3-5-13-37/h6-7,18-21,23,27H,3-5,8-17,22H2,1-2H3,(H,32,34,39). The van der Waals surface area contributed by atoms with Crippen molar-refractivity contribution in [3.05, 3.63) is 42.4 Å². The number of benzene rings is 1. The fourth-order valence-electron chi connectivity index (χ4n) is 6.71. The molecule has 0 saturated carbocycles. The van der Waals surface area contributed by atoms with E-state index in [-0.39, 0.29) is 11.8 Å². The van der Waals surface area contributed by atoms with Crippen molar-refractivity contribution in [2.24, 2.45) is 13.0 Å². The van der Waals surface area contributed by atoms with E-state index in [2.05, 4.69) is 55.3 Å². The van der Waals surface area contributed by atoms with E-state index in [1.54, 1.807) is 0 Å². The molecule has 0 spiro atoms. The molecule has 2 aromatic heterocycles. The largest absolute Gasteiger partial charge is 0.310 e. The van der Waals surface area contributed by atoms with E-state index in [0.29, 0.717) is 11.9 Å². The van der Waals surface area contributed by atoms with Gasteiger partial charge in [-0.05, 0) is 108 Å². The molecule has 8 heteroatoms. The van der Waals surface area contributed by atoms with Gasteiger partial charge in [0.2, 0.25) is 5.91 Å². The fourth-order valence-corrected chi connectivity index (χ4v) is 6.71. The molecule has 6 rings (SSSR count). The summed E-state index contributed by atoms with van der Waals surface area (Å²) in [6.07, 6.45) is 12.1. The maximum Gasteiger partial charge on any atom is 0.228 e. The van der Waals surface area contributed by atoms with Gasteiger partial charge in [-0.25, -0.2) is 4.98 Å². The predicted octanol–water partition coefficient (Wildman–Crippen LogP) is 4.37. The third-order valence-corrected chi connectivity index (χ3v) is 9.27. The van der Waals surface area contributed by atoms with Crippen molar-refractivity contribution in [3.8, 4) is 11.1 Å². The quantitative estimate of drug-likeness (QED) is 0.512. The Bertz CT molecular complexity index is 1280. The number of hydrogen-bond donors (Lipinski definition) is 1. The summed E-state index contributed by atoms with van der Waals surface area (Å²) in [6, 6.07) is 9.20. The number of carbonyl (C=O) groups excluding carboxylic acids is 1. The predicted molar refractivity (Wildman–Crippen MR) is 157 cm³/mol. The zero-order valence-electron chi connectivity index (χ0n) is 23.6. The summed E-state index contributed by atoms with van der Waals surface area (Å²) in [4.78, 5) is 25.3. The maximum atomic E-state index is 13.2. The Morgan fingerprint density at radius 2 is 1.67 bits per heavy atom. The van der Waals surface area contributed by atoms with Gasteiger partial charge in [0, 0.05) is 42.7 Å². The van der Waals surface area contributed by atoms with E-state index < -0.39 is 0 Å². The molecule has 0 radical (unpaired) electrons. The number of nitrogens with one attached hydrogen (secondary N) is 1. The minimum Gasteiger partial charge on any atom is -0.310 e. The number of fused-ring (bicyclic) bond motifs is 1. The summed E-state index contributed by atoms with van der Waals surface area (Å²) in [5, 5.41) is 9.89. The molecule has 3 saturated heterocycles. The number of pyridine rings is 1. The second-order valence-corrected chi connectivity index (χ2v) is 11.9. The summed E-state index contributed by atoms with van der Waals surface area (Å²) >= 11 is 0. The first-order valence-electron chi connectivity index (χ1n) is 14.9. The molecule has 0 aliphatic carbocycles. The Kier molecular flexibility index (Phi) is 7.95. The van der Waals surface area contributed by atoms with Gasteiger partial charge in [-0.15, -0.1) is 0 Å². The molecule has 3 aromatic rings. The Morgan fingerprint density at radius 3 is 2.44 bits per heavy atom. The van der Waals surface area contributed by atoms with Gasteiger partial charge in [0.1, 0.15) is 5.82 Å². The first kappa shape index (κ1) is 26.4. The molecule has 3 aliphatic heterocycles. The lowest BCUT2D eigenvalue weighted by atomic mass is 9.93. The second-order valence-electron chi connectivity index (χ2n) is 11.9. The molecule has 1 amide bonds. The van der Waals surface area contributed by atoms with Gasteiger partial charge >= 0.3 is 0 Å². The molecule has 1 N–H and O–H groups in total. The monoisotopic (exact) mass is 529 g/mol. The molecule has 0 unspecified atom stereocenters. The Labute approximate surface area is 232 Å². The highest BCUT2D eigenvalue weighted by molar-refractivity contribution is 5.95. The van der Waals surface area contributed by atoms with E-state index in [4.69, 9.17) is 0 Å². The number of likely N-dealkylation sites (tertiary alicyclic amines) is 3. The smallest absolute Gasteiger partial charge is 0.228 e. The van der Waals surface area contributed by atoms with E-state index in [1.165, 1.54) is 56.5 Å². The summed E-state index contributed by atoms with van der Waals surface area (Å²) in [6.45, 7) is 7.65. The van der Waals surface area contributed by atoms with Crippen LogP contribution >= 0.6 is 0 Å². The number of amides is 1. The minimum atomic E-state index is 0.0593. The molecule has 8 nitrogen and oxygen atoms in total. The van der Waals surface area contributed by atoms with Crippen LogP contribution in [-0.2, 0) is 18.4 Å². The summed E-state index contributed by atoms with van der Waals surface area (Å²) in [7, 11) is 4.25. The van der Waals surface area contributed by atoms with Crippen LogP contribution in [0.2, 0.25) is 0 Å². The number of aromatic nitrogens is 3. The lowest BCUT2D eigenvalue weighted by Crippen LogP contribution is -2.48. The van der Waals surface area contributed by atoms with Crippen LogP contribution in [0.15, 0.2) is 36.7 Å². The number of hydrogen-bond acceptors (Lipinski definition) is 6. The maximum absolute atomic E-state index is 13.2. The summed E-state index contributed by atoms with van der Waals surface area (Å²) < 4.78 is 2.02. The first-order chi connectivity index (χ1) is 19.0. The van der Waals surface area contributed by atoms with E-state index in [1.807, 2.05) is 30.2 Å². The highest BCUT2D eigenvalue weighted by Gasteiger charge is 2.30. The second kappa shape index (κ2) is 11.7. The van der Waals surface area contributed by atoms with Crippen molar-refractivity contribution in [1.29, 1.82) is 0 Å². The SMILES string of the molecule is CN1CCC(N2CCC(C(=O)Nc3cc4cc(-c5cnn(C)c5CN5CCCCC5)ccc4cn3)CC2)CC1. The molecule has 208 valence electrons. The van der Waals surface area contributed by atoms with Crippen LogP contribution in [0.25, 0.3) is 21.9 Å². The van der Waals surface area contributed by atoms with Gasteiger partial charge in [-0.1, -0.05) is 18.6 Å². The van der Waals surface area contributed by atoms with Crippen LogP contribution in [0.3, 0.4) is 0 Å². The van der Waals surface area contributed by atoms with Crippen LogP contribution < -0.4 is 5.32 Å². The highest BCUT2D eigenvalue weighted by Crippen LogP contribution is 2.30. The molecular weight excluding hydrogens is 486 g/mol. The zero-order valence-corrected chi connectivity index (χ0v) is 23.6. The van der Waals surface area contributed by atoms with Gasteiger partial charge in [-0.2, -0.15) is 5.10 Å². The van der Waals surface area contributed by atoms with Gasteiger partial charge in [0.25, 0.3) is 0 Å². The number of anilines is 1. The lowest BCUT2D eigenvalue weighted by molar-refractivity contribution is -0.121. The number of rotatable bonds is 6. The van der Waals surface area contributed by atoms with Crippen molar-refractivity contribution in [3.63, 3.8) is 0 Å². The zero-order chi connectivity index (χ0) is 26.8. The molecule has 3 aliphatic rings. The Balaban J connectivity index is 1.12. The van der Waals surface area contributed by atoms with Gasteiger partial charge in [0.05, 0.1) is 11.9 Å². The number of piperidine rings is 3. The van der Waals surface area contributed by atoms with Gasteiger partial charge in [-0.3, -0.25) is 14.4 Å². The minimum absolute atomic E-state index is 0.0593.